The average Bonchev–Trinajstić information content (AvgIpc) is 3.25. The summed E-state index contributed by atoms with van der Waals surface area (Å²) in [6, 6.07) is 9.05. The van der Waals surface area contributed by atoms with E-state index >= 15 is 0 Å². The van der Waals surface area contributed by atoms with Crippen LogP contribution in [0.25, 0.3) is 10.6 Å². The van der Waals surface area contributed by atoms with Gasteiger partial charge in [-0.15, -0.1) is 16.5 Å². The molecular weight excluding hydrogens is 304 g/mol. The van der Waals surface area contributed by atoms with Crippen molar-refractivity contribution in [3.8, 4) is 22.1 Å². The first-order valence-electron chi connectivity index (χ1n) is 6.47. The summed E-state index contributed by atoms with van der Waals surface area (Å²) in [6.07, 6.45) is 0. The third-order valence-corrected chi connectivity index (χ3v) is 4.03. The van der Waals surface area contributed by atoms with Crippen LogP contribution >= 0.6 is 11.3 Å². The predicted molar refractivity (Wildman–Crippen MR) is 81.5 cm³/mol. The minimum absolute atomic E-state index is 0.204. The molecule has 0 atom stereocenters. The van der Waals surface area contributed by atoms with E-state index in [2.05, 4.69) is 20.4 Å². The van der Waals surface area contributed by atoms with Crippen LogP contribution in [0.3, 0.4) is 0 Å². The van der Waals surface area contributed by atoms with E-state index in [4.69, 9.17) is 9.47 Å². The SMILES string of the molecule is O=c1[nH][nH]c(-c2cccs2)c1N=Nc1ccc2c(c1)OCO2. The summed E-state index contributed by atoms with van der Waals surface area (Å²) in [5.74, 6) is 1.30. The van der Waals surface area contributed by atoms with Gasteiger partial charge in [-0.25, -0.2) is 0 Å². The van der Waals surface area contributed by atoms with Crippen LogP contribution in [0, 0.1) is 0 Å². The molecule has 3 heterocycles. The number of hydrogen-bond donors (Lipinski definition) is 2. The highest BCUT2D eigenvalue weighted by atomic mass is 32.1. The second-order valence-corrected chi connectivity index (χ2v) is 5.47. The van der Waals surface area contributed by atoms with Gasteiger partial charge in [-0.3, -0.25) is 15.0 Å². The number of aromatic nitrogens is 2. The molecule has 0 saturated carbocycles. The fourth-order valence-electron chi connectivity index (χ4n) is 2.10. The molecule has 1 aliphatic rings. The minimum atomic E-state index is -0.312. The van der Waals surface area contributed by atoms with Crippen LogP contribution in [-0.2, 0) is 0 Å². The molecule has 0 fully saturated rings. The lowest BCUT2D eigenvalue weighted by Gasteiger charge is -1.96. The topological polar surface area (TPSA) is 91.8 Å². The molecule has 0 bridgehead atoms. The van der Waals surface area contributed by atoms with Gasteiger partial charge in [0.15, 0.2) is 17.2 Å². The molecule has 0 aliphatic carbocycles. The van der Waals surface area contributed by atoms with Crippen LogP contribution in [-0.4, -0.2) is 17.0 Å². The Morgan fingerprint density at radius 1 is 1.09 bits per heavy atom. The molecule has 1 aliphatic heterocycles. The van der Waals surface area contributed by atoms with Crippen molar-refractivity contribution in [2.75, 3.05) is 6.79 Å². The van der Waals surface area contributed by atoms with E-state index in [0.29, 0.717) is 22.9 Å². The number of benzene rings is 1. The number of hydrogen-bond acceptors (Lipinski definition) is 6. The molecule has 7 nitrogen and oxygen atoms in total. The zero-order valence-electron chi connectivity index (χ0n) is 11.2. The van der Waals surface area contributed by atoms with Crippen LogP contribution in [0.1, 0.15) is 0 Å². The summed E-state index contributed by atoms with van der Waals surface area (Å²) in [6.45, 7) is 0.204. The highest BCUT2D eigenvalue weighted by Crippen LogP contribution is 2.36. The smallest absolute Gasteiger partial charge is 0.292 e. The normalized spacial score (nSPS) is 13.1. The summed E-state index contributed by atoms with van der Waals surface area (Å²) in [7, 11) is 0. The van der Waals surface area contributed by atoms with Crippen molar-refractivity contribution in [1.29, 1.82) is 0 Å². The van der Waals surface area contributed by atoms with Gasteiger partial charge in [0.05, 0.1) is 10.6 Å². The monoisotopic (exact) mass is 314 g/mol. The van der Waals surface area contributed by atoms with Crippen molar-refractivity contribution in [3.05, 3.63) is 46.1 Å². The van der Waals surface area contributed by atoms with E-state index in [1.165, 1.54) is 11.3 Å². The van der Waals surface area contributed by atoms with Gasteiger partial charge >= 0.3 is 0 Å². The lowest BCUT2D eigenvalue weighted by Crippen LogP contribution is -1.96. The van der Waals surface area contributed by atoms with Gasteiger partial charge in [-0.1, -0.05) is 6.07 Å². The summed E-state index contributed by atoms with van der Waals surface area (Å²) >= 11 is 1.51. The summed E-state index contributed by atoms with van der Waals surface area (Å²) in [4.78, 5) is 12.8. The number of fused-ring (bicyclic) bond motifs is 1. The van der Waals surface area contributed by atoms with E-state index < -0.39 is 0 Å². The molecule has 3 aromatic rings. The number of nitrogens with zero attached hydrogens (tertiary/aromatic N) is 2. The fourth-order valence-corrected chi connectivity index (χ4v) is 2.83. The largest absolute Gasteiger partial charge is 0.454 e. The summed E-state index contributed by atoms with van der Waals surface area (Å²) in [5, 5.41) is 15.5. The zero-order chi connectivity index (χ0) is 14.9. The first-order chi connectivity index (χ1) is 10.8. The Morgan fingerprint density at radius 3 is 2.86 bits per heavy atom. The van der Waals surface area contributed by atoms with E-state index in [0.717, 1.165) is 4.88 Å². The van der Waals surface area contributed by atoms with Gasteiger partial charge in [0, 0.05) is 6.07 Å². The van der Waals surface area contributed by atoms with E-state index in [-0.39, 0.29) is 18.0 Å². The van der Waals surface area contributed by atoms with Gasteiger partial charge in [-0.05, 0) is 23.6 Å². The van der Waals surface area contributed by atoms with Gasteiger partial charge in [0.25, 0.3) is 5.56 Å². The Kier molecular flexibility index (Phi) is 3.01. The quantitative estimate of drug-likeness (QED) is 0.724. The Bertz CT molecular complexity index is 895. The van der Waals surface area contributed by atoms with Gasteiger partial charge in [0.1, 0.15) is 5.69 Å². The standard InChI is InChI=1S/C14H10N4O3S/c19-14-13(12(16-18-14)11-2-1-5-22-11)17-15-8-3-4-9-10(6-8)21-7-20-9/h1-6H,7H2,(H2,16,18,19). The maximum atomic E-state index is 11.9. The summed E-state index contributed by atoms with van der Waals surface area (Å²) in [5.41, 5.74) is 1.15. The van der Waals surface area contributed by atoms with Crippen molar-refractivity contribution in [1.82, 2.24) is 10.2 Å². The molecule has 110 valence electrons. The molecule has 0 amide bonds. The number of rotatable bonds is 3. The van der Waals surface area contributed by atoms with E-state index in [1.807, 2.05) is 17.5 Å². The lowest BCUT2D eigenvalue weighted by molar-refractivity contribution is 0.174. The van der Waals surface area contributed by atoms with Crippen molar-refractivity contribution >= 4 is 22.7 Å². The second kappa shape index (κ2) is 5.15. The number of azo groups is 1. The molecule has 2 aromatic heterocycles. The first-order valence-corrected chi connectivity index (χ1v) is 7.35. The van der Waals surface area contributed by atoms with Crippen LogP contribution in [0.2, 0.25) is 0 Å². The number of thiophene rings is 1. The van der Waals surface area contributed by atoms with E-state index in [9.17, 15) is 4.79 Å². The molecular formula is C14H10N4O3S. The van der Waals surface area contributed by atoms with Crippen molar-refractivity contribution in [2.45, 2.75) is 0 Å². The van der Waals surface area contributed by atoms with Crippen molar-refractivity contribution < 1.29 is 9.47 Å². The molecule has 0 spiro atoms. The first kappa shape index (κ1) is 12.8. The fraction of sp³-hybridized carbons (Fsp3) is 0.0714. The molecule has 1 aromatic carbocycles. The molecule has 4 rings (SSSR count). The minimum Gasteiger partial charge on any atom is -0.454 e. The van der Waals surface area contributed by atoms with Crippen LogP contribution in [0.4, 0.5) is 11.4 Å². The van der Waals surface area contributed by atoms with Crippen LogP contribution < -0.4 is 15.0 Å². The Labute approximate surface area is 128 Å². The Morgan fingerprint density at radius 2 is 2.00 bits per heavy atom. The number of H-pyrrole nitrogens is 2. The molecule has 0 unspecified atom stereocenters. The molecule has 2 N–H and O–H groups in total. The maximum Gasteiger partial charge on any atom is 0.292 e. The molecule has 0 radical (unpaired) electrons. The lowest BCUT2D eigenvalue weighted by atomic mass is 10.3. The highest BCUT2D eigenvalue weighted by molar-refractivity contribution is 7.13. The van der Waals surface area contributed by atoms with Gasteiger partial charge < -0.3 is 9.47 Å². The van der Waals surface area contributed by atoms with E-state index in [1.54, 1.807) is 18.2 Å². The highest BCUT2D eigenvalue weighted by Gasteiger charge is 2.14. The number of ether oxygens (including phenoxy) is 2. The van der Waals surface area contributed by atoms with Crippen LogP contribution in [0.5, 0.6) is 11.5 Å². The third kappa shape index (κ3) is 2.19. The molecule has 8 heteroatoms. The second-order valence-electron chi connectivity index (χ2n) is 4.52. The Hall–Kier alpha value is -2.87. The predicted octanol–water partition coefficient (Wildman–Crippen LogP) is 3.58. The van der Waals surface area contributed by atoms with Gasteiger partial charge in [0.2, 0.25) is 6.79 Å². The number of aromatic amines is 2. The maximum absolute atomic E-state index is 11.9. The summed E-state index contributed by atoms with van der Waals surface area (Å²) < 4.78 is 10.5. The zero-order valence-corrected chi connectivity index (χ0v) is 12.0. The van der Waals surface area contributed by atoms with Crippen molar-refractivity contribution in [2.24, 2.45) is 10.2 Å². The molecule has 22 heavy (non-hydrogen) atoms. The van der Waals surface area contributed by atoms with Crippen molar-refractivity contribution in [3.63, 3.8) is 0 Å². The third-order valence-electron chi connectivity index (χ3n) is 3.14. The average molecular weight is 314 g/mol. The van der Waals surface area contributed by atoms with Gasteiger partial charge in [-0.2, -0.15) is 5.11 Å². The number of nitrogens with one attached hydrogen (secondary N) is 2. The Balaban J connectivity index is 1.69. The molecule has 0 saturated heterocycles. The van der Waals surface area contributed by atoms with Crippen LogP contribution in [0.15, 0.2) is 50.7 Å².